The molecule has 0 atom stereocenters. The van der Waals surface area contributed by atoms with E-state index in [1.807, 2.05) is 0 Å². The number of rotatable bonds is 4. The van der Waals surface area contributed by atoms with Crippen LogP contribution in [0.3, 0.4) is 0 Å². The third kappa shape index (κ3) is 4.18. The van der Waals surface area contributed by atoms with Crippen molar-refractivity contribution >= 4 is 33.5 Å². The zero-order chi connectivity index (χ0) is 15.4. The summed E-state index contributed by atoms with van der Waals surface area (Å²) < 4.78 is 6.08. The molecule has 7 heteroatoms. The molecular formula is C14H17BrN2O4. The van der Waals surface area contributed by atoms with E-state index in [4.69, 9.17) is 15.6 Å². The van der Waals surface area contributed by atoms with Crippen molar-refractivity contribution in [2.75, 3.05) is 25.4 Å². The number of carbonyl (C=O) groups is 2. The maximum absolute atomic E-state index is 12.4. The number of aliphatic carboxylic acids is 1. The number of piperidine rings is 1. The van der Waals surface area contributed by atoms with E-state index >= 15 is 0 Å². The average molecular weight is 357 g/mol. The van der Waals surface area contributed by atoms with Gasteiger partial charge in [0.1, 0.15) is 6.61 Å². The number of ether oxygens (including phenoxy) is 1. The molecule has 0 bridgehead atoms. The van der Waals surface area contributed by atoms with E-state index < -0.39 is 5.97 Å². The number of carboxylic acid groups (broad SMARTS) is 1. The average Bonchev–Trinajstić information content (AvgIpc) is 2.45. The summed E-state index contributed by atoms with van der Waals surface area (Å²) in [6.07, 6.45) is 1.16. The van der Waals surface area contributed by atoms with Gasteiger partial charge in [0.2, 0.25) is 0 Å². The monoisotopic (exact) mass is 356 g/mol. The Morgan fingerprint density at radius 3 is 2.62 bits per heavy atom. The van der Waals surface area contributed by atoms with Gasteiger partial charge in [-0.3, -0.25) is 4.79 Å². The Bertz CT molecular complexity index is 542. The van der Waals surface area contributed by atoms with Gasteiger partial charge in [0.25, 0.3) is 5.91 Å². The summed E-state index contributed by atoms with van der Waals surface area (Å²) in [5.74, 6) is -1.08. The molecule has 0 saturated carbocycles. The van der Waals surface area contributed by atoms with Gasteiger partial charge in [-0.2, -0.15) is 0 Å². The second kappa shape index (κ2) is 6.91. The second-order valence-electron chi connectivity index (χ2n) is 4.93. The molecule has 114 valence electrons. The Balaban J connectivity index is 1.92. The number of anilines is 1. The van der Waals surface area contributed by atoms with Crippen LogP contribution in [0.1, 0.15) is 23.2 Å². The molecule has 1 aromatic rings. The lowest BCUT2D eigenvalue weighted by Gasteiger charge is -2.32. The number of amides is 1. The Morgan fingerprint density at radius 1 is 1.38 bits per heavy atom. The van der Waals surface area contributed by atoms with Crippen LogP contribution in [-0.2, 0) is 9.53 Å². The number of hydrogen-bond acceptors (Lipinski definition) is 4. The predicted octanol–water partition coefficient (Wildman–Crippen LogP) is 1.74. The molecule has 3 N–H and O–H groups in total. The highest BCUT2D eigenvalue weighted by Gasteiger charge is 2.25. The van der Waals surface area contributed by atoms with E-state index in [0.717, 1.165) is 4.47 Å². The molecule has 1 saturated heterocycles. The smallest absolute Gasteiger partial charge is 0.329 e. The highest BCUT2D eigenvalue weighted by Crippen LogP contribution is 2.22. The van der Waals surface area contributed by atoms with Crippen molar-refractivity contribution in [3.05, 3.63) is 28.2 Å². The van der Waals surface area contributed by atoms with Crippen molar-refractivity contribution in [3.63, 3.8) is 0 Å². The van der Waals surface area contributed by atoms with Gasteiger partial charge in [-0.15, -0.1) is 0 Å². The number of nitrogens with two attached hydrogens (primary N) is 1. The fourth-order valence-electron chi connectivity index (χ4n) is 2.31. The van der Waals surface area contributed by atoms with E-state index in [0.29, 0.717) is 37.2 Å². The Morgan fingerprint density at radius 2 is 2.05 bits per heavy atom. The van der Waals surface area contributed by atoms with Gasteiger partial charge in [0.05, 0.1) is 11.7 Å². The molecule has 0 aromatic heterocycles. The minimum atomic E-state index is -0.976. The SMILES string of the molecule is Nc1cc(Br)ccc1C(=O)N1CCC(OCC(=O)O)CC1. The molecule has 1 aromatic carbocycles. The molecule has 21 heavy (non-hydrogen) atoms. The molecule has 1 aliphatic rings. The number of hydrogen-bond donors (Lipinski definition) is 2. The van der Waals surface area contributed by atoms with Gasteiger partial charge in [-0.05, 0) is 31.0 Å². The quantitative estimate of drug-likeness (QED) is 0.801. The van der Waals surface area contributed by atoms with Gasteiger partial charge >= 0.3 is 5.97 Å². The normalized spacial score (nSPS) is 16.0. The molecule has 1 fully saturated rings. The van der Waals surface area contributed by atoms with Crippen molar-refractivity contribution in [3.8, 4) is 0 Å². The third-order valence-corrected chi connectivity index (χ3v) is 3.91. The van der Waals surface area contributed by atoms with Crippen LogP contribution in [0.15, 0.2) is 22.7 Å². The molecule has 1 amide bonds. The fourth-order valence-corrected chi connectivity index (χ4v) is 2.69. The van der Waals surface area contributed by atoms with Gasteiger partial charge in [-0.25, -0.2) is 4.79 Å². The first kappa shape index (κ1) is 15.8. The maximum atomic E-state index is 12.4. The minimum Gasteiger partial charge on any atom is -0.480 e. The summed E-state index contributed by atoms with van der Waals surface area (Å²) in [6, 6.07) is 5.19. The first-order valence-corrected chi connectivity index (χ1v) is 7.44. The molecule has 1 aliphatic heterocycles. The van der Waals surface area contributed by atoms with Crippen LogP contribution in [0, 0.1) is 0 Å². The number of likely N-dealkylation sites (tertiary alicyclic amines) is 1. The highest BCUT2D eigenvalue weighted by atomic mass is 79.9. The molecule has 6 nitrogen and oxygen atoms in total. The summed E-state index contributed by atoms with van der Waals surface area (Å²) in [4.78, 5) is 24.6. The zero-order valence-electron chi connectivity index (χ0n) is 11.4. The van der Waals surface area contributed by atoms with Crippen LogP contribution in [0.4, 0.5) is 5.69 Å². The lowest BCUT2D eigenvalue weighted by Crippen LogP contribution is -2.41. The predicted molar refractivity (Wildman–Crippen MR) is 81.1 cm³/mol. The first-order chi connectivity index (χ1) is 9.97. The standard InChI is InChI=1S/C14H17BrN2O4/c15-9-1-2-11(12(16)7-9)14(20)17-5-3-10(4-6-17)21-8-13(18)19/h1-2,7,10H,3-6,8,16H2,(H,18,19). The maximum Gasteiger partial charge on any atom is 0.329 e. The Hall–Kier alpha value is -1.60. The van der Waals surface area contributed by atoms with E-state index in [1.54, 1.807) is 23.1 Å². The van der Waals surface area contributed by atoms with Crippen LogP contribution >= 0.6 is 15.9 Å². The van der Waals surface area contributed by atoms with Gasteiger partial charge in [0.15, 0.2) is 0 Å². The lowest BCUT2D eigenvalue weighted by molar-refractivity contribution is -0.145. The van der Waals surface area contributed by atoms with E-state index in [-0.39, 0.29) is 18.6 Å². The van der Waals surface area contributed by atoms with E-state index in [1.165, 1.54) is 0 Å². The van der Waals surface area contributed by atoms with E-state index in [2.05, 4.69) is 15.9 Å². The molecule has 0 unspecified atom stereocenters. The third-order valence-electron chi connectivity index (χ3n) is 3.42. The van der Waals surface area contributed by atoms with Gasteiger partial charge < -0.3 is 20.5 Å². The van der Waals surface area contributed by atoms with Gasteiger partial charge in [-0.1, -0.05) is 15.9 Å². The van der Waals surface area contributed by atoms with Crippen LogP contribution in [-0.4, -0.2) is 47.7 Å². The summed E-state index contributed by atoms with van der Waals surface area (Å²) in [5.41, 5.74) is 6.80. The van der Waals surface area contributed by atoms with Crippen LogP contribution < -0.4 is 5.73 Å². The minimum absolute atomic E-state index is 0.100. The lowest BCUT2D eigenvalue weighted by atomic mass is 10.1. The molecular weight excluding hydrogens is 340 g/mol. The summed E-state index contributed by atoms with van der Waals surface area (Å²) in [5, 5.41) is 8.58. The summed E-state index contributed by atoms with van der Waals surface area (Å²) in [7, 11) is 0. The number of nitrogen functional groups attached to an aromatic ring is 1. The topological polar surface area (TPSA) is 92.9 Å². The number of carbonyl (C=O) groups excluding carboxylic acids is 1. The molecule has 0 spiro atoms. The fraction of sp³-hybridized carbons (Fsp3) is 0.429. The molecule has 0 radical (unpaired) electrons. The van der Waals surface area contributed by atoms with Gasteiger partial charge in [0, 0.05) is 23.2 Å². The zero-order valence-corrected chi connectivity index (χ0v) is 13.0. The van der Waals surface area contributed by atoms with Crippen molar-refractivity contribution in [1.29, 1.82) is 0 Å². The first-order valence-electron chi connectivity index (χ1n) is 6.65. The van der Waals surface area contributed by atoms with Crippen molar-refractivity contribution in [2.45, 2.75) is 18.9 Å². The molecule has 0 aliphatic carbocycles. The van der Waals surface area contributed by atoms with Crippen LogP contribution in [0.5, 0.6) is 0 Å². The number of benzene rings is 1. The highest BCUT2D eigenvalue weighted by molar-refractivity contribution is 9.10. The van der Waals surface area contributed by atoms with Crippen LogP contribution in [0.2, 0.25) is 0 Å². The summed E-state index contributed by atoms with van der Waals surface area (Å²) in [6.45, 7) is 0.787. The largest absolute Gasteiger partial charge is 0.480 e. The van der Waals surface area contributed by atoms with Crippen molar-refractivity contribution in [1.82, 2.24) is 4.90 Å². The number of halogens is 1. The molecule has 1 heterocycles. The van der Waals surface area contributed by atoms with E-state index in [9.17, 15) is 9.59 Å². The van der Waals surface area contributed by atoms with Crippen molar-refractivity contribution in [2.24, 2.45) is 0 Å². The number of carboxylic acids is 1. The molecule has 2 rings (SSSR count). The number of nitrogens with zero attached hydrogens (tertiary/aromatic N) is 1. The second-order valence-corrected chi connectivity index (χ2v) is 5.84. The van der Waals surface area contributed by atoms with Crippen molar-refractivity contribution < 1.29 is 19.4 Å². The Kier molecular flexibility index (Phi) is 5.19. The summed E-state index contributed by atoms with van der Waals surface area (Å²) >= 11 is 3.31. The Labute approximate surface area is 131 Å². The van der Waals surface area contributed by atoms with Crippen LogP contribution in [0.25, 0.3) is 0 Å².